The summed E-state index contributed by atoms with van der Waals surface area (Å²) in [5, 5.41) is 3.06. The van der Waals surface area contributed by atoms with Crippen molar-refractivity contribution < 1.29 is 14.3 Å². The first-order chi connectivity index (χ1) is 9.08. The lowest BCUT2D eigenvalue weighted by Gasteiger charge is -2.31. The molecule has 1 heterocycles. The van der Waals surface area contributed by atoms with Gasteiger partial charge < -0.3 is 15.0 Å². The molecule has 0 unspecified atom stereocenters. The van der Waals surface area contributed by atoms with Gasteiger partial charge in [0.05, 0.1) is 19.6 Å². The average Bonchev–Trinajstić information content (AvgIpc) is 2.44. The molecule has 1 saturated heterocycles. The maximum absolute atomic E-state index is 12.1. The number of esters is 1. The van der Waals surface area contributed by atoms with Gasteiger partial charge in [-0.2, -0.15) is 0 Å². The molecule has 1 aliphatic heterocycles. The molecule has 0 aromatic rings. The number of carbonyl (C=O) groups is 2. The Morgan fingerprint density at radius 3 is 2.53 bits per heavy atom. The van der Waals surface area contributed by atoms with Crippen LogP contribution in [-0.2, 0) is 14.3 Å². The summed E-state index contributed by atoms with van der Waals surface area (Å²) in [4.78, 5) is 27.3. The molecule has 1 aliphatic rings. The Morgan fingerprint density at radius 2 is 2.00 bits per heavy atom. The van der Waals surface area contributed by atoms with E-state index in [1.54, 1.807) is 0 Å². The maximum atomic E-state index is 12.1. The van der Waals surface area contributed by atoms with Crippen LogP contribution in [0.2, 0.25) is 0 Å². The molecule has 0 saturated carbocycles. The summed E-state index contributed by atoms with van der Waals surface area (Å²) >= 11 is 0. The van der Waals surface area contributed by atoms with Crippen LogP contribution in [0.3, 0.4) is 0 Å². The van der Waals surface area contributed by atoms with Gasteiger partial charge in [-0.3, -0.25) is 14.5 Å². The van der Waals surface area contributed by atoms with Gasteiger partial charge in [0.25, 0.3) is 0 Å². The molecule has 0 atom stereocenters. The zero-order valence-electron chi connectivity index (χ0n) is 12.1. The van der Waals surface area contributed by atoms with Crippen molar-refractivity contribution in [3.63, 3.8) is 0 Å². The van der Waals surface area contributed by atoms with Gasteiger partial charge in [-0.15, -0.1) is 0 Å². The Labute approximate surface area is 115 Å². The number of carbonyl (C=O) groups excluding carboxylic acids is 2. The zero-order valence-corrected chi connectivity index (χ0v) is 12.1. The molecular formula is C13H25N3O3. The molecule has 0 bridgehead atoms. The summed E-state index contributed by atoms with van der Waals surface area (Å²) in [5.74, 6) is -0.0590. The fraction of sp³-hybridized carbons (Fsp3) is 0.846. The quantitative estimate of drug-likeness (QED) is 0.663. The second-order valence-electron chi connectivity index (χ2n) is 5.02. The number of likely N-dealkylation sites (N-methyl/N-ethyl adjacent to an activating group) is 2. The summed E-state index contributed by atoms with van der Waals surface area (Å²) in [5.41, 5.74) is 0. The van der Waals surface area contributed by atoms with E-state index in [1.807, 2.05) is 23.9 Å². The van der Waals surface area contributed by atoms with E-state index in [9.17, 15) is 9.59 Å². The fourth-order valence-corrected chi connectivity index (χ4v) is 2.24. The monoisotopic (exact) mass is 271 g/mol. The fourth-order valence-electron chi connectivity index (χ4n) is 2.24. The van der Waals surface area contributed by atoms with E-state index in [1.165, 1.54) is 7.11 Å². The predicted molar refractivity (Wildman–Crippen MR) is 72.7 cm³/mol. The van der Waals surface area contributed by atoms with E-state index in [0.29, 0.717) is 32.5 Å². The number of piperidine rings is 1. The zero-order chi connectivity index (χ0) is 14.3. The lowest BCUT2D eigenvalue weighted by Crippen LogP contribution is -2.45. The van der Waals surface area contributed by atoms with E-state index in [2.05, 4.69) is 5.32 Å². The lowest BCUT2D eigenvalue weighted by atomic mass is 9.97. The van der Waals surface area contributed by atoms with E-state index < -0.39 is 0 Å². The normalized spacial score (nSPS) is 16.7. The van der Waals surface area contributed by atoms with Gasteiger partial charge >= 0.3 is 5.97 Å². The van der Waals surface area contributed by atoms with E-state index >= 15 is 0 Å². The van der Waals surface area contributed by atoms with Crippen molar-refractivity contribution in [2.75, 3.05) is 53.9 Å². The van der Waals surface area contributed by atoms with Crippen molar-refractivity contribution in [3.05, 3.63) is 0 Å². The van der Waals surface area contributed by atoms with Crippen LogP contribution in [-0.4, -0.2) is 75.6 Å². The summed E-state index contributed by atoms with van der Waals surface area (Å²) in [7, 11) is 5.25. The number of likely N-dealkylation sites (tertiary alicyclic amines) is 1. The first-order valence-corrected chi connectivity index (χ1v) is 6.77. The summed E-state index contributed by atoms with van der Waals surface area (Å²) < 4.78 is 4.74. The molecule has 6 heteroatoms. The minimum Gasteiger partial charge on any atom is -0.469 e. The third-order valence-corrected chi connectivity index (χ3v) is 3.53. The second-order valence-corrected chi connectivity index (χ2v) is 5.02. The molecule has 0 aliphatic carbocycles. The number of rotatable bonds is 6. The Kier molecular flexibility index (Phi) is 6.80. The molecule has 1 fully saturated rings. The minimum atomic E-state index is -0.154. The molecule has 0 radical (unpaired) electrons. The SMILES string of the molecule is CNCCN(C)CC(=O)N1CCC(C(=O)OC)CC1. The largest absolute Gasteiger partial charge is 0.469 e. The topological polar surface area (TPSA) is 61.9 Å². The average molecular weight is 271 g/mol. The lowest BCUT2D eigenvalue weighted by molar-refractivity contribution is -0.149. The van der Waals surface area contributed by atoms with Crippen LogP contribution in [0.1, 0.15) is 12.8 Å². The number of hydrogen-bond acceptors (Lipinski definition) is 5. The summed E-state index contributed by atoms with van der Waals surface area (Å²) in [6, 6.07) is 0. The number of methoxy groups -OCH3 is 1. The van der Waals surface area contributed by atoms with Gasteiger partial charge in [0.2, 0.25) is 5.91 Å². The first kappa shape index (κ1) is 15.9. The first-order valence-electron chi connectivity index (χ1n) is 6.77. The third kappa shape index (κ3) is 5.16. The van der Waals surface area contributed by atoms with Gasteiger partial charge in [-0.05, 0) is 26.9 Å². The van der Waals surface area contributed by atoms with Crippen LogP contribution in [0.15, 0.2) is 0 Å². The number of nitrogens with zero attached hydrogens (tertiary/aromatic N) is 2. The highest BCUT2D eigenvalue weighted by Crippen LogP contribution is 2.18. The van der Waals surface area contributed by atoms with Gasteiger partial charge in [0.1, 0.15) is 0 Å². The molecule has 1 rings (SSSR count). The smallest absolute Gasteiger partial charge is 0.308 e. The van der Waals surface area contributed by atoms with Gasteiger partial charge in [-0.1, -0.05) is 0 Å². The Morgan fingerprint density at radius 1 is 1.37 bits per heavy atom. The predicted octanol–water partition coefficient (Wildman–Crippen LogP) is -0.451. The Balaban J connectivity index is 2.30. The molecule has 1 N–H and O–H groups in total. The van der Waals surface area contributed by atoms with E-state index in [0.717, 1.165) is 13.1 Å². The van der Waals surface area contributed by atoms with Crippen LogP contribution < -0.4 is 5.32 Å². The maximum Gasteiger partial charge on any atom is 0.308 e. The molecular weight excluding hydrogens is 246 g/mol. The highest BCUT2D eigenvalue weighted by atomic mass is 16.5. The van der Waals surface area contributed by atoms with Crippen molar-refractivity contribution in [2.45, 2.75) is 12.8 Å². The summed E-state index contributed by atoms with van der Waals surface area (Å²) in [6.07, 6.45) is 1.41. The van der Waals surface area contributed by atoms with Crippen LogP contribution >= 0.6 is 0 Å². The highest BCUT2D eigenvalue weighted by Gasteiger charge is 2.27. The van der Waals surface area contributed by atoms with Crippen molar-refractivity contribution in [2.24, 2.45) is 5.92 Å². The Hall–Kier alpha value is -1.14. The van der Waals surface area contributed by atoms with Crippen LogP contribution in [0, 0.1) is 5.92 Å². The van der Waals surface area contributed by atoms with Crippen molar-refractivity contribution in [1.82, 2.24) is 15.1 Å². The standard InChI is InChI=1S/C13H25N3O3/c1-14-6-9-15(2)10-12(17)16-7-4-11(5-8-16)13(18)19-3/h11,14H,4-10H2,1-3H3. The molecule has 0 spiro atoms. The van der Waals surface area contributed by atoms with Crippen LogP contribution in [0.25, 0.3) is 0 Å². The van der Waals surface area contributed by atoms with Crippen molar-refractivity contribution >= 4 is 11.9 Å². The molecule has 6 nitrogen and oxygen atoms in total. The molecule has 1 amide bonds. The van der Waals surface area contributed by atoms with Crippen molar-refractivity contribution in [3.8, 4) is 0 Å². The number of hydrogen-bond donors (Lipinski definition) is 1. The summed E-state index contributed by atoms with van der Waals surface area (Å²) in [6.45, 7) is 3.45. The number of ether oxygens (including phenoxy) is 1. The van der Waals surface area contributed by atoms with Crippen LogP contribution in [0.4, 0.5) is 0 Å². The number of amides is 1. The molecule has 0 aromatic heterocycles. The van der Waals surface area contributed by atoms with E-state index in [-0.39, 0.29) is 17.8 Å². The van der Waals surface area contributed by atoms with Crippen LogP contribution in [0.5, 0.6) is 0 Å². The van der Waals surface area contributed by atoms with Gasteiger partial charge in [0, 0.05) is 26.2 Å². The molecule has 19 heavy (non-hydrogen) atoms. The second kappa shape index (κ2) is 8.12. The van der Waals surface area contributed by atoms with Crippen molar-refractivity contribution in [1.29, 1.82) is 0 Å². The minimum absolute atomic E-state index is 0.0453. The molecule has 0 aromatic carbocycles. The van der Waals surface area contributed by atoms with Gasteiger partial charge in [-0.25, -0.2) is 0 Å². The highest BCUT2D eigenvalue weighted by molar-refractivity contribution is 5.79. The third-order valence-electron chi connectivity index (χ3n) is 3.53. The number of nitrogens with one attached hydrogen (secondary N) is 1. The molecule has 110 valence electrons. The van der Waals surface area contributed by atoms with Gasteiger partial charge in [0.15, 0.2) is 0 Å². The van der Waals surface area contributed by atoms with E-state index in [4.69, 9.17) is 4.74 Å². The Bertz CT molecular complexity index is 302.